The Balaban J connectivity index is 1.28. The minimum atomic E-state index is -0.813. The molecule has 1 heterocycles. The van der Waals surface area contributed by atoms with Crippen LogP contribution >= 0.6 is 0 Å². The summed E-state index contributed by atoms with van der Waals surface area (Å²) in [5, 5.41) is 12.2. The van der Waals surface area contributed by atoms with Crippen LogP contribution in [0.4, 0.5) is 0 Å². The summed E-state index contributed by atoms with van der Waals surface area (Å²) in [5.74, 6) is 0.970. The molecular weight excluding hydrogens is 731 g/mol. The first-order valence-electron chi connectivity index (χ1n) is 19.7. The summed E-state index contributed by atoms with van der Waals surface area (Å²) in [6.45, 7) is 3.35. The fraction of sp³-hybridized carbons (Fsp3) is 0.245. The van der Waals surface area contributed by atoms with E-state index in [-0.39, 0.29) is 19.1 Å². The van der Waals surface area contributed by atoms with Gasteiger partial charge in [0.2, 0.25) is 12.6 Å². The third-order valence-corrected chi connectivity index (χ3v) is 9.79. The minimum absolute atomic E-state index is 0.143. The van der Waals surface area contributed by atoms with Crippen LogP contribution in [-0.4, -0.2) is 43.0 Å². The van der Waals surface area contributed by atoms with Gasteiger partial charge in [-0.25, -0.2) is 0 Å². The second-order valence-electron chi connectivity index (χ2n) is 13.9. The molecule has 6 aromatic rings. The molecule has 298 valence electrons. The molecule has 0 bridgehead atoms. The lowest BCUT2D eigenvalue weighted by molar-refractivity contribution is -0.200. The molecule has 0 spiro atoms. The molecule has 6 aromatic carbocycles. The third-order valence-electron chi connectivity index (χ3n) is 9.79. The van der Waals surface area contributed by atoms with Gasteiger partial charge in [0.1, 0.15) is 24.7 Å². The number of carbonyl (C=O) groups excluding carboxylic acids is 1. The Hall–Kier alpha value is -5.81. The molecule has 9 nitrogen and oxygen atoms in total. The van der Waals surface area contributed by atoms with E-state index in [9.17, 15) is 9.90 Å². The zero-order valence-electron chi connectivity index (χ0n) is 32.6. The fourth-order valence-corrected chi connectivity index (χ4v) is 6.92. The Morgan fingerprint density at radius 2 is 1.10 bits per heavy atom. The Morgan fingerprint density at radius 1 is 0.603 bits per heavy atom. The van der Waals surface area contributed by atoms with E-state index in [1.165, 1.54) is 0 Å². The van der Waals surface area contributed by atoms with Crippen LogP contribution in [0.5, 0.6) is 11.5 Å². The van der Waals surface area contributed by atoms with Crippen LogP contribution in [0.15, 0.2) is 152 Å². The van der Waals surface area contributed by atoms with Gasteiger partial charge < -0.3 is 38.8 Å². The largest absolute Gasteiger partial charge is 0.488 e. The van der Waals surface area contributed by atoms with Crippen LogP contribution in [0.2, 0.25) is 0 Å². The fourth-order valence-electron chi connectivity index (χ4n) is 6.92. The summed E-state index contributed by atoms with van der Waals surface area (Å²) in [6.07, 6.45) is -1.48. The number of hydrogen-bond donors (Lipinski definition) is 2. The van der Waals surface area contributed by atoms with Gasteiger partial charge in [0.05, 0.1) is 19.8 Å². The van der Waals surface area contributed by atoms with Gasteiger partial charge in [-0.1, -0.05) is 140 Å². The smallest absolute Gasteiger partial charge is 0.251 e. The van der Waals surface area contributed by atoms with Crippen molar-refractivity contribution in [3.63, 3.8) is 0 Å². The molecule has 1 saturated heterocycles. The zero-order valence-corrected chi connectivity index (χ0v) is 32.6. The molecule has 0 aromatic heterocycles. The second-order valence-corrected chi connectivity index (χ2v) is 13.9. The van der Waals surface area contributed by atoms with E-state index >= 15 is 0 Å². The van der Waals surface area contributed by atoms with E-state index in [1.54, 1.807) is 6.07 Å². The number of aliphatic hydroxyl groups excluding tert-OH is 1. The van der Waals surface area contributed by atoms with E-state index < -0.39 is 18.9 Å². The van der Waals surface area contributed by atoms with Gasteiger partial charge in [-0.15, -0.1) is 0 Å². The van der Waals surface area contributed by atoms with Gasteiger partial charge >= 0.3 is 0 Å². The molecule has 0 aliphatic carbocycles. The SMILES string of the molecule is CCc1c(OCc2ccccc2)cc(OCc2ccccc2)c(-c2cccc(C(=O)NCCO)c2)c1CC1O[C@@H](OCc2ccccc2)[C@H](OCc2ccccc2)O1. The quantitative estimate of drug-likeness (QED) is 0.0841. The molecular formula is C49H49NO8. The molecule has 7 rings (SSSR count). The third kappa shape index (κ3) is 10.8. The van der Waals surface area contributed by atoms with E-state index in [2.05, 4.69) is 12.2 Å². The van der Waals surface area contributed by atoms with Crippen molar-refractivity contribution in [1.29, 1.82) is 0 Å². The first-order chi connectivity index (χ1) is 28.6. The first kappa shape index (κ1) is 40.4. The van der Waals surface area contributed by atoms with Gasteiger partial charge in [-0.3, -0.25) is 4.79 Å². The topological polar surface area (TPSA) is 105 Å². The van der Waals surface area contributed by atoms with Crippen LogP contribution in [0, 0.1) is 0 Å². The van der Waals surface area contributed by atoms with Crippen LogP contribution in [0.1, 0.15) is 50.7 Å². The highest BCUT2D eigenvalue weighted by Crippen LogP contribution is 2.43. The summed E-state index contributed by atoms with van der Waals surface area (Å²) < 4.78 is 39.2. The van der Waals surface area contributed by atoms with Gasteiger partial charge in [0.15, 0.2) is 6.29 Å². The summed E-state index contributed by atoms with van der Waals surface area (Å²) in [7, 11) is 0. The standard InChI is InChI=1S/C49H49NO8/c1-2-41-42(29-45-57-48(55-33-37-20-11-5-12-21-37)49(58-45)56-34-38-22-13-6-14-23-38)46(39-24-15-25-40(28-39)47(52)50-26-27-51)44(54-32-36-18-9-4-10-19-36)30-43(41)53-31-35-16-7-3-8-17-35/h3-25,28,30,45,48-49,51H,2,26-27,29,31-34H2,1H3,(H,50,52)/t48-,49-/m1/s1. The Bertz CT molecular complexity index is 2130. The monoisotopic (exact) mass is 779 g/mol. The van der Waals surface area contributed by atoms with Crippen molar-refractivity contribution in [2.75, 3.05) is 13.2 Å². The summed E-state index contributed by atoms with van der Waals surface area (Å²) in [5.41, 5.74) is 7.88. The molecule has 0 unspecified atom stereocenters. The maximum absolute atomic E-state index is 13.2. The van der Waals surface area contributed by atoms with Crippen LogP contribution in [-0.2, 0) is 58.2 Å². The maximum Gasteiger partial charge on any atom is 0.251 e. The predicted octanol–water partition coefficient (Wildman–Crippen LogP) is 8.80. The van der Waals surface area contributed by atoms with Crippen molar-refractivity contribution in [1.82, 2.24) is 5.32 Å². The number of benzene rings is 6. The van der Waals surface area contributed by atoms with Gasteiger partial charge in [-0.2, -0.15) is 0 Å². The highest BCUT2D eigenvalue weighted by atomic mass is 16.9. The van der Waals surface area contributed by atoms with Crippen LogP contribution < -0.4 is 14.8 Å². The first-order valence-corrected chi connectivity index (χ1v) is 19.7. The van der Waals surface area contributed by atoms with Crippen LogP contribution in [0.25, 0.3) is 11.1 Å². The average Bonchev–Trinajstić information content (AvgIpc) is 3.67. The lowest BCUT2D eigenvalue weighted by Crippen LogP contribution is -2.28. The molecule has 2 N–H and O–H groups in total. The van der Waals surface area contributed by atoms with Crippen molar-refractivity contribution in [3.05, 3.63) is 191 Å². The van der Waals surface area contributed by atoms with Gasteiger partial charge in [0, 0.05) is 30.2 Å². The Labute approximate surface area is 340 Å². The minimum Gasteiger partial charge on any atom is -0.488 e. The van der Waals surface area contributed by atoms with Crippen molar-refractivity contribution in [3.8, 4) is 22.6 Å². The second kappa shape index (κ2) is 20.6. The molecule has 0 saturated carbocycles. The maximum atomic E-state index is 13.2. The number of amides is 1. The van der Waals surface area contributed by atoms with E-state index in [4.69, 9.17) is 28.4 Å². The lowest BCUT2D eigenvalue weighted by atomic mass is 9.89. The molecule has 58 heavy (non-hydrogen) atoms. The zero-order chi connectivity index (χ0) is 39.9. The van der Waals surface area contributed by atoms with Crippen molar-refractivity contribution < 1.29 is 38.3 Å². The van der Waals surface area contributed by atoms with E-state index in [0.717, 1.165) is 44.5 Å². The van der Waals surface area contributed by atoms with Crippen molar-refractivity contribution in [2.45, 2.75) is 65.1 Å². The highest BCUT2D eigenvalue weighted by Gasteiger charge is 2.39. The summed E-state index contributed by atoms with van der Waals surface area (Å²) in [4.78, 5) is 13.2. The highest BCUT2D eigenvalue weighted by molar-refractivity contribution is 5.96. The lowest BCUT2D eigenvalue weighted by Gasteiger charge is -2.24. The molecule has 0 radical (unpaired) electrons. The van der Waals surface area contributed by atoms with Gasteiger partial charge in [-0.05, 0) is 57.5 Å². The van der Waals surface area contributed by atoms with Crippen molar-refractivity contribution >= 4 is 5.91 Å². The summed E-state index contributed by atoms with van der Waals surface area (Å²) in [6, 6.07) is 49.2. The number of aliphatic hydroxyl groups is 1. The predicted molar refractivity (Wildman–Crippen MR) is 222 cm³/mol. The molecule has 2 atom stereocenters. The Kier molecular flexibility index (Phi) is 14.3. The normalized spacial score (nSPS) is 15.3. The number of ether oxygens (including phenoxy) is 6. The van der Waals surface area contributed by atoms with E-state index in [1.807, 2.05) is 146 Å². The van der Waals surface area contributed by atoms with Crippen LogP contribution in [0.3, 0.4) is 0 Å². The number of nitrogens with one attached hydrogen (secondary N) is 1. The molecule has 9 heteroatoms. The Morgan fingerprint density at radius 3 is 1.60 bits per heavy atom. The molecule has 1 amide bonds. The molecule has 1 aliphatic rings. The number of hydrogen-bond acceptors (Lipinski definition) is 8. The molecule has 1 fully saturated rings. The molecule has 1 aliphatic heterocycles. The number of carbonyl (C=O) groups is 1. The average molecular weight is 780 g/mol. The number of rotatable bonds is 19. The summed E-state index contributed by atoms with van der Waals surface area (Å²) >= 11 is 0. The van der Waals surface area contributed by atoms with Crippen molar-refractivity contribution in [2.24, 2.45) is 0 Å². The van der Waals surface area contributed by atoms with E-state index in [0.29, 0.717) is 56.3 Å². The van der Waals surface area contributed by atoms with Gasteiger partial charge in [0.25, 0.3) is 5.91 Å².